The average molecular weight is 902 g/mol. The second kappa shape index (κ2) is 22.6. The van der Waals surface area contributed by atoms with Gasteiger partial charge in [-0.15, -0.1) is 0 Å². The number of carbonyl (C=O) groups is 7. The Kier molecular flexibility index (Phi) is 17.3. The lowest BCUT2D eigenvalue weighted by molar-refractivity contribution is -0.143. The number of esters is 2. The molecular formula is C42H55N13O10. The number of alkyl carbamates (subject to hydrolysis) is 1. The van der Waals surface area contributed by atoms with Crippen molar-refractivity contribution in [1.82, 2.24) is 40.9 Å². The summed E-state index contributed by atoms with van der Waals surface area (Å²) in [6, 6.07) is 4.45. The van der Waals surface area contributed by atoms with Crippen LogP contribution in [-0.4, -0.2) is 112 Å². The number of nitrogens with zero attached hydrogens (tertiary/aromatic N) is 6. The van der Waals surface area contributed by atoms with Crippen LogP contribution in [0.3, 0.4) is 0 Å². The minimum atomic E-state index is -1.05. The molecule has 0 aliphatic carbocycles. The first-order valence-corrected chi connectivity index (χ1v) is 20.4. The van der Waals surface area contributed by atoms with Gasteiger partial charge in [-0.05, 0) is 83.2 Å². The highest BCUT2D eigenvalue weighted by atomic mass is 16.6. The van der Waals surface area contributed by atoms with Crippen LogP contribution in [0.25, 0.3) is 11.2 Å². The lowest BCUT2D eigenvalue weighted by Gasteiger charge is -2.26. The summed E-state index contributed by atoms with van der Waals surface area (Å²) in [4.78, 5) is 111. The molecule has 4 aromatic rings. The van der Waals surface area contributed by atoms with E-state index >= 15 is 0 Å². The van der Waals surface area contributed by atoms with E-state index in [1.165, 1.54) is 56.6 Å². The van der Waals surface area contributed by atoms with Gasteiger partial charge in [0.15, 0.2) is 17.0 Å². The van der Waals surface area contributed by atoms with Crippen LogP contribution in [0.2, 0.25) is 0 Å². The second-order valence-corrected chi connectivity index (χ2v) is 16.0. The van der Waals surface area contributed by atoms with Crippen molar-refractivity contribution in [2.24, 2.45) is 5.92 Å². The zero-order chi connectivity index (χ0) is 48.0. The molecule has 0 fully saturated rings. The molecule has 5 amide bonds. The van der Waals surface area contributed by atoms with E-state index < -0.39 is 59.5 Å². The van der Waals surface area contributed by atoms with Gasteiger partial charge >= 0.3 is 18.0 Å². The minimum absolute atomic E-state index is 0.0130. The van der Waals surface area contributed by atoms with Crippen LogP contribution in [0.4, 0.5) is 33.8 Å². The number of nitrogens with one attached hydrogen (secondary N) is 5. The highest BCUT2D eigenvalue weighted by molar-refractivity contribution is 6.01. The molecule has 23 nitrogen and oxygen atoms in total. The summed E-state index contributed by atoms with van der Waals surface area (Å²) in [6.45, 7) is 10.3. The molecule has 0 aliphatic rings. The van der Waals surface area contributed by atoms with Gasteiger partial charge in [-0.1, -0.05) is 13.8 Å². The zero-order valence-corrected chi connectivity index (χ0v) is 37.4. The molecule has 0 bridgehead atoms. The van der Waals surface area contributed by atoms with Crippen molar-refractivity contribution in [2.75, 3.05) is 47.8 Å². The van der Waals surface area contributed by atoms with Crippen LogP contribution in [0.15, 0.2) is 42.7 Å². The number of amides is 5. The van der Waals surface area contributed by atoms with E-state index in [9.17, 15) is 33.6 Å². The smallest absolute Gasteiger partial charge is 0.408 e. The Hall–Kier alpha value is -7.72. The molecule has 1 aromatic carbocycles. The number of ether oxygens (including phenoxy) is 3. The number of pyridine rings is 1. The summed E-state index contributed by atoms with van der Waals surface area (Å²) in [5.41, 5.74) is 12.4. The number of unbranched alkanes of at least 4 members (excludes halogenated alkanes) is 1. The predicted octanol–water partition coefficient (Wildman–Crippen LogP) is 2.48. The molecular weight excluding hydrogens is 847 g/mol. The Bertz CT molecular complexity index is 2370. The van der Waals surface area contributed by atoms with E-state index in [0.29, 0.717) is 30.6 Å². The molecule has 0 saturated heterocycles. The van der Waals surface area contributed by atoms with Gasteiger partial charge in [-0.25, -0.2) is 29.3 Å². The van der Waals surface area contributed by atoms with Gasteiger partial charge in [-0.2, -0.15) is 9.97 Å². The lowest BCUT2D eigenvalue weighted by atomic mass is 10.0. The van der Waals surface area contributed by atoms with Crippen LogP contribution in [0, 0.1) is 5.92 Å². The minimum Gasteiger partial charge on any atom is -0.467 e. The maximum atomic E-state index is 13.2. The summed E-state index contributed by atoms with van der Waals surface area (Å²) in [7, 11) is 2.40. The Labute approximate surface area is 374 Å². The van der Waals surface area contributed by atoms with Crippen molar-refractivity contribution in [3.8, 4) is 0 Å². The molecule has 23 heteroatoms. The molecule has 0 unspecified atom stereocenters. The maximum Gasteiger partial charge on any atom is 0.408 e. The van der Waals surface area contributed by atoms with Gasteiger partial charge in [0.05, 0.1) is 44.5 Å². The quantitative estimate of drug-likeness (QED) is 0.0290. The van der Waals surface area contributed by atoms with E-state index in [1.807, 2.05) is 0 Å². The zero-order valence-electron chi connectivity index (χ0n) is 37.4. The second-order valence-electron chi connectivity index (χ2n) is 16.0. The highest BCUT2D eigenvalue weighted by Gasteiger charge is 2.29. The molecule has 3 aromatic heterocycles. The molecule has 0 spiro atoms. The summed E-state index contributed by atoms with van der Waals surface area (Å²) in [6.07, 6.45) is 3.67. The number of hydrogen-bond acceptors (Lipinski definition) is 18. The van der Waals surface area contributed by atoms with E-state index in [-0.39, 0.29) is 71.0 Å². The number of anilines is 5. The third kappa shape index (κ3) is 14.4. The van der Waals surface area contributed by atoms with Gasteiger partial charge in [0, 0.05) is 17.8 Å². The highest BCUT2D eigenvalue weighted by Crippen LogP contribution is 2.21. The first-order valence-electron chi connectivity index (χ1n) is 20.4. The lowest BCUT2D eigenvalue weighted by Crippen LogP contribution is -2.54. The molecule has 65 heavy (non-hydrogen) atoms. The van der Waals surface area contributed by atoms with Gasteiger partial charge < -0.3 is 57.2 Å². The molecule has 0 saturated carbocycles. The number of benzene rings is 1. The van der Waals surface area contributed by atoms with Gasteiger partial charge in [0.2, 0.25) is 24.2 Å². The number of nitrogens with two attached hydrogens (primary N) is 2. The number of fused-ring (bicyclic) bond motifs is 1. The molecule has 0 aliphatic heterocycles. The van der Waals surface area contributed by atoms with Gasteiger partial charge in [-0.3, -0.25) is 19.2 Å². The number of methoxy groups -OCH3 is 2. The average Bonchev–Trinajstić information content (AvgIpc) is 3.25. The predicted molar refractivity (Wildman–Crippen MR) is 238 cm³/mol. The maximum absolute atomic E-state index is 13.2. The fraction of sp³-hybridized carbons (Fsp3) is 0.429. The van der Waals surface area contributed by atoms with Crippen molar-refractivity contribution in [3.63, 3.8) is 0 Å². The Morgan fingerprint density at radius 2 is 1.57 bits per heavy atom. The van der Waals surface area contributed by atoms with Gasteiger partial charge in [0.1, 0.15) is 35.1 Å². The Morgan fingerprint density at radius 3 is 2.20 bits per heavy atom. The summed E-state index contributed by atoms with van der Waals surface area (Å²) >= 11 is 0. The molecule has 9 N–H and O–H groups in total. The summed E-state index contributed by atoms with van der Waals surface area (Å²) < 4.78 is 15.1. The fourth-order valence-electron chi connectivity index (χ4n) is 6.07. The Morgan fingerprint density at radius 1 is 0.862 bits per heavy atom. The van der Waals surface area contributed by atoms with Crippen LogP contribution in [0.1, 0.15) is 87.2 Å². The first-order chi connectivity index (χ1) is 30.7. The van der Waals surface area contributed by atoms with Crippen molar-refractivity contribution < 1.29 is 47.8 Å². The van der Waals surface area contributed by atoms with E-state index in [1.54, 1.807) is 46.8 Å². The number of aromatic nitrogens is 5. The van der Waals surface area contributed by atoms with Crippen molar-refractivity contribution >= 4 is 82.3 Å². The van der Waals surface area contributed by atoms with Gasteiger partial charge in [0.25, 0.3) is 5.91 Å². The molecule has 3 atom stereocenters. The van der Waals surface area contributed by atoms with Crippen molar-refractivity contribution in [1.29, 1.82) is 0 Å². The largest absolute Gasteiger partial charge is 0.467 e. The fourth-order valence-corrected chi connectivity index (χ4v) is 6.07. The van der Waals surface area contributed by atoms with Crippen LogP contribution < -0.4 is 43.0 Å². The van der Waals surface area contributed by atoms with E-state index in [4.69, 9.17) is 25.7 Å². The van der Waals surface area contributed by atoms with E-state index in [2.05, 4.69) is 51.5 Å². The Balaban J connectivity index is 1.30. The van der Waals surface area contributed by atoms with Crippen LogP contribution in [0.5, 0.6) is 0 Å². The molecule has 0 radical (unpaired) electrons. The molecule has 4 rings (SSSR count). The first kappa shape index (κ1) is 49.9. The van der Waals surface area contributed by atoms with Crippen LogP contribution >= 0.6 is 0 Å². The SMILES string of the molecule is COC(=O)c1cc(NC(=O)[C@H](C)NC(=O)[C@@H](NC(=O)OC(C)(C)C)C(C)C)cnc1NCCCC[C@H](NC(=O)c1ccc(N(C=O)Cc2cnc3nc(N)nc(N)c3n2)cc1)C(=O)OC. The topological polar surface area (TPSA) is 327 Å². The number of hydrogen-bond donors (Lipinski definition) is 7. The third-order valence-corrected chi connectivity index (χ3v) is 9.36. The normalized spacial score (nSPS) is 12.5. The van der Waals surface area contributed by atoms with Crippen molar-refractivity contribution in [3.05, 3.63) is 59.5 Å². The number of carbonyl (C=O) groups excluding carboxylic acids is 7. The monoisotopic (exact) mass is 901 g/mol. The molecule has 3 heterocycles. The summed E-state index contributed by atoms with van der Waals surface area (Å²) in [5, 5.41) is 13.5. The van der Waals surface area contributed by atoms with Crippen LogP contribution in [-0.2, 0) is 39.9 Å². The number of nitrogen functional groups attached to an aromatic ring is 2. The summed E-state index contributed by atoms with van der Waals surface area (Å²) in [5.74, 6) is -3.34. The third-order valence-electron chi connectivity index (χ3n) is 9.36. The standard InChI is InChI=1S/C42H55N13O10/c1-22(2)30(52-41(62)65-42(4,5)6)37(59)48-23(3)35(57)50-25-17-28(38(60)63-7)33(46-18-25)45-16-10-9-11-29(39(61)64-8)51-36(58)24-12-14-27(15-13-24)55(21-56)20-26-19-47-34-31(49-26)32(43)53-40(44)54-34/h12-15,17-19,21-23,29-30H,9-11,16,20H2,1-8H3,(H,45,46)(H,48,59)(H,50,57)(H,51,58)(H,52,62)(H4,43,44,47,53,54)/t23-,29-,30-/m0/s1. The van der Waals surface area contributed by atoms with Crippen molar-refractivity contribution in [2.45, 2.75) is 91.1 Å². The number of rotatable bonds is 20. The van der Waals surface area contributed by atoms with E-state index in [0.717, 1.165) is 0 Å². The molecule has 348 valence electrons.